The Balaban J connectivity index is 2.05. The molecule has 3 aromatic rings. The summed E-state index contributed by atoms with van der Waals surface area (Å²) in [5.41, 5.74) is -0.641. The van der Waals surface area contributed by atoms with Crippen LogP contribution in [0.4, 0.5) is 17.1 Å². The number of nitrogens with one attached hydrogen (secondary N) is 1. The van der Waals surface area contributed by atoms with E-state index in [0.29, 0.717) is 16.6 Å². The Labute approximate surface area is 147 Å². The van der Waals surface area contributed by atoms with Gasteiger partial charge >= 0.3 is 17.3 Å². The van der Waals surface area contributed by atoms with E-state index in [9.17, 15) is 19.7 Å². The van der Waals surface area contributed by atoms with Crippen LogP contribution in [-0.4, -0.2) is 17.5 Å². The lowest BCUT2D eigenvalue weighted by molar-refractivity contribution is -0.386. The van der Waals surface area contributed by atoms with Gasteiger partial charge in [-0.2, -0.15) is 0 Å². The maximum Gasteiger partial charge on any atom is 0.417 e. The van der Waals surface area contributed by atoms with Crippen molar-refractivity contribution in [2.75, 3.05) is 11.9 Å². The number of carbonyl (C=O) groups excluding carboxylic acids is 1. The van der Waals surface area contributed by atoms with E-state index in [1.54, 1.807) is 43.3 Å². The fourth-order valence-electron chi connectivity index (χ4n) is 2.48. The predicted octanol–water partition coefficient (Wildman–Crippen LogP) is 3.62. The van der Waals surface area contributed by atoms with Gasteiger partial charge in [-0.15, -0.1) is 0 Å². The largest absolute Gasteiger partial charge is 0.462 e. The van der Waals surface area contributed by atoms with Gasteiger partial charge in [0.25, 0.3) is 0 Å². The number of rotatable bonds is 5. The molecule has 132 valence electrons. The minimum absolute atomic E-state index is 0.0331. The molecule has 1 aromatic heterocycles. The highest BCUT2D eigenvalue weighted by atomic mass is 16.6. The Morgan fingerprint density at radius 1 is 1.19 bits per heavy atom. The van der Waals surface area contributed by atoms with Gasteiger partial charge in [0.2, 0.25) is 0 Å². The van der Waals surface area contributed by atoms with Gasteiger partial charge in [0, 0.05) is 11.1 Å². The SMILES string of the molecule is CCOC(=O)c1ccc(Nc2c([N+](=O)[O-])c(=O)oc3ccccc23)cc1. The monoisotopic (exact) mass is 354 g/mol. The zero-order valence-electron chi connectivity index (χ0n) is 13.7. The Hall–Kier alpha value is -3.68. The Morgan fingerprint density at radius 2 is 1.88 bits per heavy atom. The molecule has 8 heteroatoms. The molecule has 26 heavy (non-hydrogen) atoms. The van der Waals surface area contributed by atoms with Crippen LogP contribution in [0.1, 0.15) is 17.3 Å². The van der Waals surface area contributed by atoms with E-state index < -0.39 is 22.2 Å². The van der Waals surface area contributed by atoms with Crippen LogP contribution in [0, 0.1) is 10.1 Å². The molecule has 8 nitrogen and oxygen atoms in total. The molecular weight excluding hydrogens is 340 g/mol. The van der Waals surface area contributed by atoms with Gasteiger partial charge < -0.3 is 14.5 Å². The van der Waals surface area contributed by atoms with Crippen LogP contribution in [0.15, 0.2) is 57.7 Å². The van der Waals surface area contributed by atoms with Crippen molar-refractivity contribution in [2.45, 2.75) is 6.92 Å². The predicted molar refractivity (Wildman–Crippen MR) is 94.8 cm³/mol. The standard InChI is InChI=1S/C18H14N2O6/c1-2-25-17(21)11-7-9-12(10-8-11)19-15-13-5-3-4-6-14(13)26-18(22)16(15)20(23)24/h3-10,19H,2H2,1H3. The maximum absolute atomic E-state index is 12.0. The van der Waals surface area contributed by atoms with Crippen molar-refractivity contribution in [3.05, 3.63) is 74.6 Å². The van der Waals surface area contributed by atoms with E-state index in [1.165, 1.54) is 12.1 Å². The van der Waals surface area contributed by atoms with Gasteiger partial charge in [-0.25, -0.2) is 9.59 Å². The van der Waals surface area contributed by atoms with Crippen molar-refractivity contribution < 1.29 is 18.9 Å². The molecule has 0 spiro atoms. The first-order valence-electron chi connectivity index (χ1n) is 7.75. The van der Waals surface area contributed by atoms with E-state index in [0.717, 1.165) is 0 Å². The zero-order valence-corrected chi connectivity index (χ0v) is 13.7. The van der Waals surface area contributed by atoms with Crippen molar-refractivity contribution in [3.63, 3.8) is 0 Å². The summed E-state index contributed by atoms with van der Waals surface area (Å²) in [6.45, 7) is 1.97. The summed E-state index contributed by atoms with van der Waals surface area (Å²) in [4.78, 5) is 34.2. The molecule has 3 rings (SSSR count). The van der Waals surface area contributed by atoms with Crippen molar-refractivity contribution in [1.82, 2.24) is 0 Å². The third kappa shape index (κ3) is 3.25. The topological polar surface area (TPSA) is 112 Å². The second-order valence-corrected chi connectivity index (χ2v) is 5.29. The first-order chi connectivity index (χ1) is 12.5. The van der Waals surface area contributed by atoms with Crippen LogP contribution < -0.4 is 10.9 Å². The summed E-state index contributed by atoms with van der Waals surface area (Å²) in [5.74, 6) is -0.462. The van der Waals surface area contributed by atoms with Crippen LogP contribution in [-0.2, 0) is 4.74 Å². The Morgan fingerprint density at radius 3 is 2.54 bits per heavy atom. The van der Waals surface area contributed by atoms with Crippen LogP contribution in [0.2, 0.25) is 0 Å². The second kappa shape index (κ2) is 7.06. The molecule has 0 radical (unpaired) electrons. The van der Waals surface area contributed by atoms with Gasteiger partial charge in [0.15, 0.2) is 0 Å². The molecule has 0 fully saturated rings. The fraction of sp³-hybridized carbons (Fsp3) is 0.111. The molecule has 0 saturated heterocycles. The maximum atomic E-state index is 12.0. The van der Waals surface area contributed by atoms with Crippen LogP contribution in [0.5, 0.6) is 0 Å². The first kappa shape index (κ1) is 17.2. The number of fused-ring (bicyclic) bond motifs is 1. The van der Waals surface area contributed by atoms with E-state index in [1.807, 2.05) is 0 Å². The summed E-state index contributed by atoms with van der Waals surface area (Å²) < 4.78 is 9.92. The number of benzene rings is 2. The lowest BCUT2D eigenvalue weighted by Gasteiger charge is -2.10. The summed E-state index contributed by atoms with van der Waals surface area (Å²) in [6, 6.07) is 12.7. The zero-order chi connectivity index (χ0) is 18.7. The third-order valence-electron chi connectivity index (χ3n) is 3.64. The number of hydrogen-bond acceptors (Lipinski definition) is 7. The van der Waals surface area contributed by atoms with E-state index >= 15 is 0 Å². The number of nitrogens with zero attached hydrogens (tertiary/aromatic N) is 1. The summed E-state index contributed by atoms with van der Waals surface area (Å²) in [7, 11) is 0. The molecule has 2 aromatic carbocycles. The Kier molecular flexibility index (Phi) is 4.66. The number of nitro groups is 1. The molecule has 1 N–H and O–H groups in total. The van der Waals surface area contributed by atoms with E-state index in [-0.39, 0.29) is 17.9 Å². The molecule has 0 atom stereocenters. The van der Waals surface area contributed by atoms with Crippen molar-refractivity contribution in [2.24, 2.45) is 0 Å². The normalized spacial score (nSPS) is 10.5. The number of esters is 1. The molecule has 0 amide bonds. The molecule has 0 aliphatic carbocycles. The van der Waals surface area contributed by atoms with Crippen molar-refractivity contribution >= 4 is 34.0 Å². The molecule has 1 heterocycles. The van der Waals surface area contributed by atoms with Crippen LogP contribution >= 0.6 is 0 Å². The Bertz CT molecular complexity index is 1040. The first-order valence-corrected chi connectivity index (χ1v) is 7.75. The second-order valence-electron chi connectivity index (χ2n) is 5.29. The van der Waals surface area contributed by atoms with Crippen LogP contribution in [0.25, 0.3) is 11.0 Å². The molecule has 0 unspecified atom stereocenters. The van der Waals surface area contributed by atoms with E-state index in [2.05, 4.69) is 5.32 Å². The summed E-state index contributed by atoms with van der Waals surface area (Å²) in [6.07, 6.45) is 0. The van der Waals surface area contributed by atoms with E-state index in [4.69, 9.17) is 9.15 Å². The third-order valence-corrected chi connectivity index (χ3v) is 3.64. The van der Waals surface area contributed by atoms with Gasteiger partial charge in [0.05, 0.1) is 17.1 Å². The fourth-order valence-corrected chi connectivity index (χ4v) is 2.48. The number of ether oxygens (including phenoxy) is 1. The molecular formula is C18H14N2O6. The highest BCUT2D eigenvalue weighted by Gasteiger charge is 2.24. The highest BCUT2D eigenvalue weighted by molar-refractivity contribution is 5.96. The average Bonchev–Trinajstić information content (AvgIpc) is 2.62. The average molecular weight is 354 g/mol. The molecule has 0 bridgehead atoms. The summed E-state index contributed by atoms with van der Waals surface area (Å²) in [5, 5.41) is 14.6. The molecule has 0 aliphatic rings. The number of para-hydroxylation sites is 1. The van der Waals surface area contributed by atoms with Crippen molar-refractivity contribution in [1.29, 1.82) is 0 Å². The molecule has 0 saturated carbocycles. The number of anilines is 2. The number of hydrogen-bond donors (Lipinski definition) is 1. The van der Waals surface area contributed by atoms with Crippen LogP contribution in [0.3, 0.4) is 0 Å². The quantitative estimate of drug-likeness (QED) is 0.322. The van der Waals surface area contributed by atoms with Crippen molar-refractivity contribution in [3.8, 4) is 0 Å². The van der Waals surface area contributed by atoms with Gasteiger partial charge in [0.1, 0.15) is 11.3 Å². The minimum Gasteiger partial charge on any atom is -0.462 e. The highest BCUT2D eigenvalue weighted by Crippen LogP contribution is 2.32. The van der Waals surface area contributed by atoms with Gasteiger partial charge in [-0.05, 0) is 43.3 Å². The lowest BCUT2D eigenvalue weighted by atomic mass is 10.1. The summed E-state index contributed by atoms with van der Waals surface area (Å²) >= 11 is 0. The smallest absolute Gasteiger partial charge is 0.417 e. The minimum atomic E-state index is -1.04. The van der Waals surface area contributed by atoms with Gasteiger partial charge in [-0.1, -0.05) is 12.1 Å². The molecule has 0 aliphatic heterocycles. The lowest BCUT2D eigenvalue weighted by Crippen LogP contribution is -2.10. The number of carbonyl (C=O) groups is 1. The van der Waals surface area contributed by atoms with Gasteiger partial charge in [-0.3, -0.25) is 10.1 Å².